The van der Waals surface area contributed by atoms with Crippen LogP contribution in [0.2, 0.25) is 5.02 Å². The van der Waals surface area contributed by atoms with E-state index in [1.54, 1.807) is 30.4 Å². The predicted octanol–water partition coefficient (Wildman–Crippen LogP) is 5.45. The van der Waals surface area contributed by atoms with Crippen molar-refractivity contribution >= 4 is 35.0 Å². The van der Waals surface area contributed by atoms with Crippen molar-refractivity contribution in [2.75, 3.05) is 25.5 Å². The summed E-state index contributed by atoms with van der Waals surface area (Å²) in [5.74, 6) is -3.97. The van der Waals surface area contributed by atoms with Gasteiger partial charge >= 0.3 is 0 Å². The Labute approximate surface area is 150 Å². The van der Waals surface area contributed by atoms with Crippen molar-refractivity contribution < 1.29 is 13.2 Å². The molecule has 0 radical (unpaired) electrons. The maximum Gasteiger partial charge on any atom is 0.194 e. The minimum Gasteiger partial charge on any atom is -0.366 e. The van der Waals surface area contributed by atoms with Crippen molar-refractivity contribution in [2.24, 2.45) is 4.99 Å². The highest BCUT2D eigenvalue weighted by molar-refractivity contribution is 6.33. The summed E-state index contributed by atoms with van der Waals surface area (Å²) in [4.78, 5) is 7.77. The molecule has 0 unspecified atom stereocenters. The smallest absolute Gasteiger partial charge is 0.194 e. The quantitative estimate of drug-likeness (QED) is 0.396. The molecule has 0 fully saturated rings. The van der Waals surface area contributed by atoms with Gasteiger partial charge in [0.1, 0.15) is 0 Å². The summed E-state index contributed by atoms with van der Waals surface area (Å²) in [6, 6.07) is 5.32. The first-order valence-corrected chi connectivity index (χ1v) is 8.05. The first-order chi connectivity index (χ1) is 11.7. The molecule has 0 bridgehead atoms. The summed E-state index contributed by atoms with van der Waals surface area (Å²) in [7, 11) is 3.52. The van der Waals surface area contributed by atoms with Gasteiger partial charge in [-0.25, -0.2) is 18.2 Å². The fourth-order valence-electron chi connectivity index (χ4n) is 2.23. The number of aliphatic imine (C=N–C) groups is 1. The van der Waals surface area contributed by atoms with Crippen LogP contribution in [0.4, 0.5) is 30.2 Å². The molecule has 0 N–H and O–H groups in total. The number of nitrogens with zero attached hydrogens (tertiary/aromatic N) is 3. The van der Waals surface area contributed by atoms with Gasteiger partial charge in [-0.2, -0.15) is 0 Å². The molecule has 0 saturated heterocycles. The Morgan fingerprint density at radius 2 is 1.68 bits per heavy atom. The van der Waals surface area contributed by atoms with Gasteiger partial charge in [0.05, 0.1) is 17.0 Å². The van der Waals surface area contributed by atoms with Crippen molar-refractivity contribution in [1.29, 1.82) is 0 Å². The average Bonchev–Trinajstić information content (AvgIpc) is 2.58. The van der Waals surface area contributed by atoms with Crippen molar-refractivity contribution in [3.05, 3.63) is 52.3 Å². The van der Waals surface area contributed by atoms with E-state index in [2.05, 4.69) is 4.99 Å². The minimum absolute atomic E-state index is 0.178. The highest BCUT2D eigenvalue weighted by Crippen LogP contribution is 2.36. The Hall–Kier alpha value is -2.21. The lowest BCUT2D eigenvalue weighted by atomic mass is 10.1. The Bertz CT molecular complexity index is 785. The number of hydrogen-bond donors (Lipinski definition) is 0. The largest absolute Gasteiger partial charge is 0.366 e. The van der Waals surface area contributed by atoms with Crippen LogP contribution in [-0.4, -0.2) is 31.9 Å². The van der Waals surface area contributed by atoms with Gasteiger partial charge in [-0.3, -0.25) is 0 Å². The van der Waals surface area contributed by atoms with E-state index in [-0.39, 0.29) is 5.69 Å². The van der Waals surface area contributed by atoms with Crippen molar-refractivity contribution in [3.63, 3.8) is 0 Å². The Balaban J connectivity index is 2.40. The first kappa shape index (κ1) is 19.1. The Kier molecular flexibility index (Phi) is 5.95. The molecule has 0 saturated carbocycles. The molecule has 0 aromatic heterocycles. The number of hydrogen-bond acceptors (Lipinski definition) is 2. The third-order valence-corrected chi connectivity index (χ3v) is 4.18. The minimum atomic E-state index is -1.49. The van der Waals surface area contributed by atoms with E-state index in [0.29, 0.717) is 16.4 Å². The first-order valence-electron chi connectivity index (χ1n) is 7.67. The summed E-state index contributed by atoms with van der Waals surface area (Å²) < 4.78 is 40.1. The van der Waals surface area contributed by atoms with Gasteiger partial charge in [-0.15, -0.1) is 0 Å². The number of anilines is 2. The van der Waals surface area contributed by atoms with Gasteiger partial charge in [0.2, 0.25) is 0 Å². The maximum atomic E-state index is 13.5. The lowest BCUT2D eigenvalue weighted by Crippen LogP contribution is -2.14. The molecule has 3 nitrogen and oxygen atoms in total. The third kappa shape index (κ3) is 4.25. The molecule has 0 aliphatic heterocycles. The van der Waals surface area contributed by atoms with Crippen molar-refractivity contribution in [1.82, 2.24) is 4.90 Å². The molecule has 7 heteroatoms. The molecular formula is C18H19ClF3N3. The van der Waals surface area contributed by atoms with Gasteiger partial charge in [0, 0.05) is 44.1 Å². The Morgan fingerprint density at radius 1 is 1.08 bits per heavy atom. The van der Waals surface area contributed by atoms with Gasteiger partial charge in [0.25, 0.3) is 0 Å². The molecule has 0 aliphatic rings. The molecule has 0 spiro atoms. The predicted molar refractivity (Wildman–Crippen MR) is 97.0 cm³/mol. The van der Waals surface area contributed by atoms with Crippen LogP contribution in [0.25, 0.3) is 0 Å². The monoisotopic (exact) mass is 369 g/mol. The van der Waals surface area contributed by atoms with Crippen LogP contribution in [0, 0.1) is 24.4 Å². The van der Waals surface area contributed by atoms with E-state index in [1.165, 1.54) is 0 Å². The SMILES string of the molecule is CCN(C)/C=N\c1cc(C)c(N(C)c2cc(F)c(F)c(F)c2)cc1Cl. The second-order valence-electron chi connectivity index (χ2n) is 5.69. The maximum absolute atomic E-state index is 13.5. The zero-order valence-corrected chi connectivity index (χ0v) is 15.2. The van der Waals surface area contributed by atoms with E-state index in [9.17, 15) is 13.2 Å². The zero-order chi connectivity index (χ0) is 18.7. The number of aryl methyl sites for hydroxylation is 1. The van der Waals surface area contributed by atoms with Crippen LogP contribution in [0.5, 0.6) is 0 Å². The van der Waals surface area contributed by atoms with Crippen LogP contribution >= 0.6 is 11.6 Å². The van der Waals surface area contributed by atoms with Crippen LogP contribution in [0.15, 0.2) is 29.3 Å². The van der Waals surface area contributed by atoms with E-state index in [0.717, 1.165) is 24.2 Å². The lowest BCUT2D eigenvalue weighted by Gasteiger charge is -2.23. The standard InChI is InChI=1S/C18H19ClF3N3/c1-5-24(3)10-23-16-6-11(2)17(9-13(16)19)25(4)12-7-14(20)18(22)15(21)8-12/h6-10H,5H2,1-4H3/b23-10-. The van der Waals surface area contributed by atoms with Gasteiger partial charge < -0.3 is 9.80 Å². The summed E-state index contributed by atoms with van der Waals surface area (Å²) in [6.45, 7) is 4.64. The fourth-order valence-corrected chi connectivity index (χ4v) is 2.44. The molecule has 2 rings (SSSR count). The molecule has 0 amide bonds. The van der Waals surface area contributed by atoms with Crippen molar-refractivity contribution in [2.45, 2.75) is 13.8 Å². The number of rotatable bonds is 5. The van der Waals surface area contributed by atoms with Gasteiger partial charge in [0.15, 0.2) is 17.5 Å². The van der Waals surface area contributed by atoms with Crippen LogP contribution in [-0.2, 0) is 0 Å². The molecule has 0 atom stereocenters. The van der Waals surface area contributed by atoms with E-state index >= 15 is 0 Å². The highest BCUT2D eigenvalue weighted by atomic mass is 35.5. The van der Waals surface area contributed by atoms with Crippen molar-refractivity contribution in [3.8, 4) is 0 Å². The zero-order valence-electron chi connectivity index (χ0n) is 14.4. The van der Waals surface area contributed by atoms with Crippen LogP contribution < -0.4 is 4.90 Å². The molecule has 2 aromatic rings. The third-order valence-electron chi connectivity index (χ3n) is 3.88. The van der Waals surface area contributed by atoms with Crippen LogP contribution in [0.3, 0.4) is 0 Å². The van der Waals surface area contributed by atoms with Gasteiger partial charge in [-0.05, 0) is 31.5 Å². The normalized spacial score (nSPS) is 11.2. The molecule has 0 heterocycles. The molecular weight excluding hydrogens is 351 g/mol. The van der Waals surface area contributed by atoms with Crippen LogP contribution in [0.1, 0.15) is 12.5 Å². The van der Waals surface area contributed by atoms with E-state index in [4.69, 9.17) is 11.6 Å². The summed E-state index contributed by atoms with van der Waals surface area (Å²) in [5, 5.41) is 0.399. The second kappa shape index (κ2) is 7.78. The van der Waals surface area contributed by atoms with Gasteiger partial charge in [-0.1, -0.05) is 11.6 Å². The number of halogens is 4. The second-order valence-corrected chi connectivity index (χ2v) is 6.10. The summed E-state index contributed by atoms with van der Waals surface area (Å²) >= 11 is 6.28. The molecule has 0 aliphatic carbocycles. The highest BCUT2D eigenvalue weighted by Gasteiger charge is 2.16. The topological polar surface area (TPSA) is 18.8 Å². The molecule has 25 heavy (non-hydrogen) atoms. The fraction of sp³-hybridized carbons (Fsp3) is 0.278. The average molecular weight is 370 g/mol. The summed E-state index contributed by atoms with van der Waals surface area (Å²) in [5.41, 5.74) is 2.21. The van der Waals surface area contributed by atoms with E-state index in [1.807, 2.05) is 25.8 Å². The summed E-state index contributed by atoms with van der Waals surface area (Å²) in [6.07, 6.45) is 1.68. The number of benzene rings is 2. The lowest BCUT2D eigenvalue weighted by molar-refractivity contribution is 0.447. The Morgan fingerprint density at radius 3 is 2.24 bits per heavy atom. The molecule has 2 aromatic carbocycles. The molecule has 134 valence electrons. The van der Waals surface area contributed by atoms with E-state index < -0.39 is 17.5 Å².